The van der Waals surface area contributed by atoms with Gasteiger partial charge in [-0.2, -0.15) is 0 Å². The Balaban J connectivity index is 2.32. The van der Waals surface area contributed by atoms with Gasteiger partial charge in [0, 0.05) is 18.0 Å². The van der Waals surface area contributed by atoms with E-state index in [9.17, 15) is 9.59 Å². The molecule has 0 spiro atoms. The minimum absolute atomic E-state index is 0.152. The minimum atomic E-state index is -0.555. The van der Waals surface area contributed by atoms with Crippen LogP contribution >= 0.6 is 0 Å². The molecule has 2 rings (SSSR count). The van der Waals surface area contributed by atoms with E-state index in [1.165, 1.54) is 0 Å². The Kier molecular flexibility index (Phi) is 5.95. The molecule has 1 N–H and O–H groups in total. The Bertz CT molecular complexity index is 802. The van der Waals surface area contributed by atoms with Crippen LogP contribution in [-0.2, 0) is 9.47 Å². The van der Waals surface area contributed by atoms with Crippen LogP contribution in [0.2, 0.25) is 0 Å². The van der Waals surface area contributed by atoms with E-state index in [4.69, 9.17) is 9.47 Å². The first kappa shape index (κ1) is 19.8. The summed E-state index contributed by atoms with van der Waals surface area (Å²) >= 11 is 0. The lowest BCUT2D eigenvalue weighted by Gasteiger charge is -2.22. The molecule has 1 heterocycles. The Morgan fingerprint density at radius 3 is 2.58 bits per heavy atom. The van der Waals surface area contributed by atoms with Gasteiger partial charge < -0.3 is 19.4 Å². The van der Waals surface area contributed by atoms with Crippen molar-refractivity contribution in [3.8, 4) is 0 Å². The fourth-order valence-electron chi connectivity index (χ4n) is 2.92. The van der Waals surface area contributed by atoms with Crippen molar-refractivity contribution in [1.29, 1.82) is 0 Å². The minimum Gasteiger partial charge on any atom is -0.461 e. The third kappa shape index (κ3) is 4.56. The molecule has 0 saturated heterocycles. The lowest BCUT2D eigenvalue weighted by molar-refractivity contribution is 0.0512. The van der Waals surface area contributed by atoms with Gasteiger partial charge in [0.15, 0.2) is 0 Å². The summed E-state index contributed by atoms with van der Waals surface area (Å²) in [6, 6.07) is 7.61. The van der Waals surface area contributed by atoms with Crippen LogP contribution in [0.25, 0.3) is 10.9 Å². The smallest absolute Gasteiger partial charge is 0.407 e. The highest BCUT2D eigenvalue weighted by Crippen LogP contribution is 2.27. The maximum atomic E-state index is 12.4. The van der Waals surface area contributed by atoms with Crippen molar-refractivity contribution in [2.24, 2.45) is 0 Å². The number of benzene rings is 1. The van der Waals surface area contributed by atoms with E-state index < -0.39 is 11.7 Å². The summed E-state index contributed by atoms with van der Waals surface area (Å²) in [6.07, 6.45) is -0.477. The molecule has 142 valence electrons. The molecule has 1 amide bonds. The number of fused-ring (bicyclic) bond motifs is 1. The number of alkyl carbamates (subject to hydrolysis) is 1. The number of hydrogen-bond donors (Lipinski definition) is 1. The number of hydrogen-bond acceptors (Lipinski definition) is 4. The highest BCUT2D eigenvalue weighted by molar-refractivity contribution is 5.96. The first-order valence-electron chi connectivity index (χ1n) is 8.88. The monoisotopic (exact) mass is 360 g/mol. The van der Waals surface area contributed by atoms with Crippen LogP contribution < -0.4 is 5.32 Å². The molecular weight excluding hydrogens is 332 g/mol. The van der Waals surface area contributed by atoms with Gasteiger partial charge in [0.1, 0.15) is 11.3 Å². The summed E-state index contributed by atoms with van der Waals surface area (Å²) in [5, 5.41) is 3.75. The second kappa shape index (κ2) is 7.81. The number of nitrogens with zero attached hydrogens (tertiary/aromatic N) is 1. The Morgan fingerprint density at radius 2 is 1.96 bits per heavy atom. The number of amides is 1. The molecule has 6 nitrogen and oxygen atoms in total. The molecule has 1 unspecified atom stereocenters. The van der Waals surface area contributed by atoms with E-state index >= 15 is 0 Å². The number of rotatable bonds is 5. The summed E-state index contributed by atoms with van der Waals surface area (Å²) in [5.41, 5.74) is 1.95. The maximum Gasteiger partial charge on any atom is 0.407 e. The topological polar surface area (TPSA) is 69.6 Å². The number of esters is 1. The molecule has 1 aromatic carbocycles. The third-order valence-corrected chi connectivity index (χ3v) is 3.93. The number of ether oxygens (including phenoxy) is 2. The zero-order chi connectivity index (χ0) is 19.5. The molecule has 6 heteroatoms. The summed E-state index contributed by atoms with van der Waals surface area (Å²) < 4.78 is 12.4. The predicted octanol–water partition coefficient (Wildman–Crippen LogP) is 4.21. The second-order valence-electron chi connectivity index (χ2n) is 7.36. The fourth-order valence-corrected chi connectivity index (χ4v) is 2.92. The van der Waals surface area contributed by atoms with Gasteiger partial charge in [0.2, 0.25) is 0 Å². The van der Waals surface area contributed by atoms with Crippen LogP contribution in [0.1, 0.15) is 56.7 Å². The van der Waals surface area contributed by atoms with Crippen molar-refractivity contribution in [3.05, 3.63) is 35.5 Å². The molecule has 0 radical (unpaired) electrons. The predicted molar refractivity (Wildman–Crippen MR) is 102 cm³/mol. The van der Waals surface area contributed by atoms with E-state index in [2.05, 4.69) is 5.32 Å². The highest BCUT2D eigenvalue weighted by atomic mass is 16.6. The SMILES string of the molecule is CCOC(=O)c1cc2cccc(C)c2n1C(C)CNC(=O)OC(C)(C)C. The van der Waals surface area contributed by atoms with Crippen LogP contribution in [0.15, 0.2) is 24.3 Å². The fraction of sp³-hybridized carbons (Fsp3) is 0.500. The number of carbonyl (C=O) groups is 2. The molecule has 0 bridgehead atoms. The van der Waals surface area contributed by atoms with Crippen molar-refractivity contribution < 1.29 is 19.1 Å². The number of nitrogens with one attached hydrogen (secondary N) is 1. The molecule has 1 aromatic heterocycles. The molecule has 0 aliphatic heterocycles. The second-order valence-corrected chi connectivity index (χ2v) is 7.36. The zero-order valence-electron chi connectivity index (χ0n) is 16.4. The van der Waals surface area contributed by atoms with Crippen LogP contribution in [0.3, 0.4) is 0 Å². The van der Waals surface area contributed by atoms with Crippen LogP contribution in [0, 0.1) is 6.92 Å². The van der Waals surface area contributed by atoms with Gasteiger partial charge in [-0.15, -0.1) is 0 Å². The van der Waals surface area contributed by atoms with Gasteiger partial charge in [-0.25, -0.2) is 9.59 Å². The van der Waals surface area contributed by atoms with Crippen LogP contribution in [0.5, 0.6) is 0 Å². The van der Waals surface area contributed by atoms with E-state index in [1.807, 2.05) is 63.5 Å². The van der Waals surface area contributed by atoms with Crippen molar-refractivity contribution in [2.45, 2.75) is 53.2 Å². The molecule has 0 aliphatic carbocycles. The summed E-state index contributed by atoms with van der Waals surface area (Å²) in [6.45, 7) is 11.8. The molecule has 2 aromatic rings. The normalized spacial score (nSPS) is 12.7. The van der Waals surface area contributed by atoms with Gasteiger partial charge in [-0.3, -0.25) is 0 Å². The molecule has 0 saturated carbocycles. The third-order valence-electron chi connectivity index (χ3n) is 3.93. The van der Waals surface area contributed by atoms with Crippen molar-refractivity contribution in [3.63, 3.8) is 0 Å². The van der Waals surface area contributed by atoms with Gasteiger partial charge in [-0.05, 0) is 53.2 Å². The molecule has 1 atom stereocenters. The van der Waals surface area contributed by atoms with Crippen molar-refractivity contribution >= 4 is 23.0 Å². The zero-order valence-corrected chi connectivity index (χ0v) is 16.4. The van der Waals surface area contributed by atoms with E-state index in [0.29, 0.717) is 18.8 Å². The quantitative estimate of drug-likeness (QED) is 0.811. The number of carbonyl (C=O) groups excluding carboxylic acids is 2. The average Bonchev–Trinajstić information content (AvgIpc) is 2.92. The van der Waals surface area contributed by atoms with Crippen molar-refractivity contribution in [1.82, 2.24) is 9.88 Å². The standard InChI is InChI=1S/C20H28N2O4/c1-7-25-18(23)16-11-15-10-8-9-13(2)17(15)22(16)14(3)12-21-19(24)26-20(4,5)6/h8-11,14H,7,12H2,1-6H3,(H,21,24). The molecule has 0 fully saturated rings. The van der Waals surface area contributed by atoms with E-state index in [-0.39, 0.29) is 12.0 Å². The van der Waals surface area contributed by atoms with Gasteiger partial charge in [0.05, 0.1) is 12.1 Å². The average molecular weight is 360 g/mol. The summed E-state index contributed by atoms with van der Waals surface area (Å²) in [7, 11) is 0. The number of aromatic nitrogens is 1. The van der Waals surface area contributed by atoms with Crippen LogP contribution in [-0.4, -0.2) is 35.4 Å². The largest absolute Gasteiger partial charge is 0.461 e. The van der Waals surface area contributed by atoms with Gasteiger partial charge >= 0.3 is 12.1 Å². The van der Waals surface area contributed by atoms with Crippen molar-refractivity contribution in [2.75, 3.05) is 13.2 Å². The summed E-state index contributed by atoms with van der Waals surface area (Å²) in [4.78, 5) is 24.4. The lowest BCUT2D eigenvalue weighted by atomic mass is 10.1. The maximum absolute atomic E-state index is 12.4. The van der Waals surface area contributed by atoms with Crippen LogP contribution in [0.4, 0.5) is 4.79 Å². The molecular formula is C20H28N2O4. The molecule has 0 aliphatic rings. The first-order valence-corrected chi connectivity index (χ1v) is 8.88. The van der Waals surface area contributed by atoms with E-state index in [1.54, 1.807) is 6.92 Å². The molecule has 26 heavy (non-hydrogen) atoms. The number of aryl methyl sites for hydroxylation is 1. The Morgan fingerprint density at radius 1 is 1.27 bits per heavy atom. The van der Waals surface area contributed by atoms with E-state index in [0.717, 1.165) is 16.5 Å². The highest BCUT2D eigenvalue weighted by Gasteiger charge is 2.22. The Hall–Kier alpha value is -2.50. The summed E-state index contributed by atoms with van der Waals surface area (Å²) in [5.74, 6) is -0.368. The van der Waals surface area contributed by atoms with Gasteiger partial charge in [0.25, 0.3) is 0 Å². The Labute approximate surface area is 154 Å². The lowest BCUT2D eigenvalue weighted by Crippen LogP contribution is -2.35. The first-order chi connectivity index (χ1) is 12.1. The number of para-hydroxylation sites is 1. The van der Waals surface area contributed by atoms with Gasteiger partial charge in [-0.1, -0.05) is 18.2 Å².